The molecule has 0 fully saturated rings. The molecule has 0 aromatic carbocycles. The summed E-state index contributed by atoms with van der Waals surface area (Å²) in [7, 11) is 0. The van der Waals surface area contributed by atoms with E-state index in [1.165, 1.54) is 0 Å². The van der Waals surface area contributed by atoms with Gasteiger partial charge in [0.25, 0.3) is 0 Å². The fourth-order valence-electron chi connectivity index (χ4n) is 0.663. The zero-order chi connectivity index (χ0) is 12.1. The first-order valence-corrected chi connectivity index (χ1v) is 4.94. The smallest absolute Gasteiger partial charge is 0.230 e. The molecule has 0 bridgehead atoms. The first kappa shape index (κ1) is 13.6. The van der Waals surface area contributed by atoms with E-state index in [0.29, 0.717) is 5.82 Å². The van der Waals surface area contributed by atoms with Gasteiger partial charge in [-0.2, -0.15) is 0 Å². The summed E-state index contributed by atoms with van der Waals surface area (Å²) < 4.78 is 0. The average Bonchev–Trinajstić information content (AvgIpc) is 2.09. The summed E-state index contributed by atoms with van der Waals surface area (Å²) in [4.78, 5) is 15.7. The minimum absolute atomic E-state index is 0. The van der Waals surface area contributed by atoms with Crippen molar-refractivity contribution in [3.05, 3.63) is 24.0 Å². The molecule has 0 aliphatic rings. The summed E-state index contributed by atoms with van der Waals surface area (Å²) in [5.74, 6) is 0.507. The predicted molar refractivity (Wildman–Crippen MR) is 66.8 cm³/mol. The maximum Gasteiger partial charge on any atom is 0.230 e. The van der Waals surface area contributed by atoms with Crippen LogP contribution in [-0.4, -0.2) is 12.1 Å². The normalized spacial score (nSPS) is 13.0. The van der Waals surface area contributed by atoms with Gasteiger partial charge in [-0.05, 0) is 25.5 Å². The van der Waals surface area contributed by atoms with Crippen molar-refractivity contribution in [3.63, 3.8) is 0 Å². The van der Waals surface area contributed by atoms with Crippen LogP contribution in [0.25, 0.3) is 0 Å². The summed E-state index contributed by atoms with van der Waals surface area (Å²) in [6.07, 6.45) is 3.38. The Morgan fingerprint density at radius 2 is 2.00 bits per heavy atom. The number of carbonyl (C=O) groups is 1. The van der Waals surface area contributed by atoms with Gasteiger partial charge in [-0.25, -0.2) is 4.99 Å². The lowest BCUT2D eigenvalue weighted by Crippen LogP contribution is -2.33. The van der Waals surface area contributed by atoms with Gasteiger partial charge in [0.1, 0.15) is 5.82 Å². The van der Waals surface area contributed by atoms with Crippen LogP contribution in [0.5, 0.6) is 0 Å². The molecule has 15 heavy (non-hydrogen) atoms. The standard InChI is InChI=1S/C12H20N2O.H2/c1-7-10(13-8-9(2)3)14-11(15)12(4,5)6;/h7-8H,2H2,1,3-6H3,(H,14,15);1H/b10-7+,13-8-;. The quantitative estimate of drug-likeness (QED) is 0.715. The molecule has 1 N–H and O–H groups in total. The molecule has 3 nitrogen and oxygen atoms in total. The monoisotopic (exact) mass is 210 g/mol. The first-order valence-electron chi connectivity index (χ1n) is 4.94. The molecule has 0 heterocycles. The van der Waals surface area contributed by atoms with Crippen LogP contribution in [0.2, 0.25) is 0 Å². The van der Waals surface area contributed by atoms with Crippen LogP contribution < -0.4 is 5.32 Å². The molecule has 86 valence electrons. The van der Waals surface area contributed by atoms with Crippen molar-refractivity contribution in [2.24, 2.45) is 10.4 Å². The van der Waals surface area contributed by atoms with Gasteiger partial charge in [-0.15, -0.1) is 0 Å². The van der Waals surface area contributed by atoms with E-state index in [1.807, 2.05) is 34.6 Å². The maximum absolute atomic E-state index is 11.6. The Hall–Kier alpha value is -1.38. The molecule has 0 atom stereocenters. The molecule has 0 rings (SSSR count). The zero-order valence-corrected chi connectivity index (χ0v) is 10.2. The van der Waals surface area contributed by atoms with Gasteiger partial charge < -0.3 is 5.32 Å². The van der Waals surface area contributed by atoms with Crippen LogP contribution in [0.15, 0.2) is 29.0 Å². The predicted octanol–water partition coefficient (Wildman–Crippen LogP) is 2.90. The van der Waals surface area contributed by atoms with Crippen molar-refractivity contribution < 1.29 is 6.22 Å². The van der Waals surface area contributed by atoms with Crippen molar-refractivity contribution in [1.29, 1.82) is 0 Å². The van der Waals surface area contributed by atoms with Crippen LogP contribution in [0, 0.1) is 5.41 Å². The van der Waals surface area contributed by atoms with E-state index in [-0.39, 0.29) is 7.33 Å². The number of amides is 1. The molecule has 0 aliphatic carbocycles. The fourth-order valence-corrected chi connectivity index (χ4v) is 0.663. The summed E-state index contributed by atoms with van der Waals surface area (Å²) in [5, 5.41) is 2.75. The van der Waals surface area contributed by atoms with Crippen LogP contribution in [0.4, 0.5) is 0 Å². The Labute approximate surface area is 93.5 Å². The van der Waals surface area contributed by atoms with E-state index < -0.39 is 5.41 Å². The van der Waals surface area contributed by atoms with E-state index in [9.17, 15) is 4.79 Å². The van der Waals surface area contributed by atoms with Gasteiger partial charge in [0.2, 0.25) is 5.91 Å². The molecule has 0 unspecified atom stereocenters. The number of aliphatic imine (C=N–C) groups is 1. The number of hydrogen-bond donors (Lipinski definition) is 1. The Morgan fingerprint density at radius 3 is 2.33 bits per heavy atom. The van der Waals surface area contributed by atoms with Crippen LogP contribution in [0.3, 0.4) is 0 Å². The molecule has 0 saturated heterocycles. The molecule has 0 aromatic heterocycles. The second-order valence-corrected chi connectivity index (χ2v) is 4.48. The van der Waals surface area contributed by atoms with Crippen molar-refractivity contribution in [1.82, 2.24) is 5.32 Å². The van der Waals surface area contributed by atoms with E-state index in [0.717, 1.165) is 5.57 Å². The second kappa shape index (κ2) is 5.49. The third-order valence-corrected chi connectivity index (χ3v) is 1.62. The molecule has 0 aliphatic heterocycles. The largest absolute Gasteiger partial charge is 0.311 e. The van der Waals surface area contributed by atoms with Gasteiger partial charge in [0.05, 0.1) is 0 Å². The Bertz CT molecular complexity index is 311. The van der Waals surface area contributed by atoms with E-state index in [1.54, 1.807) is 12.3 Å². The van der Waals surface area contributed by atoms with Gasteiger partial charge in [0.15, 0.2) is 0 Å². The van der Waals surface area contributed by atoms with Crippen molar-refractivity contribution in [3.8, 4) is 0 Å². The Morgan fingerprint density at radius 1 is 1.47 bits per heavy atom. The highest BCUT2D eigenvalue weighted by atomic mass is 16.2. The lowest BCUT2D eigenvalue weighted by Gasteiger charge is -2.17. The highest BCUT2D eigenvalue weighted by Gasteiger charge is 2.21. The van der Waals surface area contributed by atoms with Gasteiger partial charge in [-0.1, -0.05) is 27.4 Å². The lowest BCUT2D eigenvalue weighted by atomic mass is 9.96. The Balaban J connectivity index is 0. The van der Waals surface area contributed by atoms with E-state index in [2.05, 4.69) is 16.9 Å². The third-order valence-electron chi connectivity index (χ3n) is 1.62. The van der Waals surface area contributed by atoms with Gasteiger partial charge in [0, 0.05) is 13.1 Å². The lowest BCUT2D eigenvalue weighted by molar-refractivity contribution is -0.127. The first-order chi connectivity index (χ1) is 6.77. The number of hydrogen-bond acceptors (Lipinski definition) is 2. The highest BCUT2D eigenvalue weighted by molar-refractivity contribution is 5.84. The molecule has 3 heteroatoms. The van der Waals surface area contributed by atoms with Crippen LogP contribution in [0.1, 0.15) is 36.0 Å². The zero-order valence-electron chi connectivity index (χ0n) is 10.2. The van der Waals surface area contributed by atoms with E-state index in [4.69, 9.17) is 0 Å². The summed E-state index contributed by atoms with van der Waals surface area (Å²) in [5.41, 5.74) is 0.437. The van der Waals surface area contributed by atoms with E-state index >= 15 is 0 Å². The summed E-state index contributed by atoms with van der Waals surface area (Å²) in [6, 6.07) is 0. The van der Waals surface area contributed by atoms with Gasteiger partial charge in [-0.3, -0.25) is 4.79 Å². The molecule has 1 amide bonds. The molecule has 0 aromatic rings. The minimum atomic E-state index is -0.410. The number of carbonyl (C=O) groups excluding carboxylic acids is 1. The van der Waals surface area contributed by atoms with Crippen LogP contribution >= 0.6 is 0 Å². The number of allylic oxidation sites excluding steroid dienone is 2. The summed E-state index contributed by atoms with van der Waals surface area (Å²) in [6.45, 7) is 13.0. The molecule has 0 saturated carbocycles. The third kappa shape index (κ3) is 5.83. The fraction of sp³-hybridized carbons (Fsp3) is 0.500. The highest BCUT2D eigenvalue weighted by Crippen LogP contribution is 2.13. The Kier molecular flexibility index (Phi) is 4.98. The topological polar surface area (TPSA) is 41.5 Å². The number of rotatable bonds is 3. The second-order valence-electron chi connectivity index (χ2n) is 4.48. The molecular formula is C12H22N2O. The molecule has 0 radical (unpaired) electrons. The molecular weight excluding hydrogens is 188 g/mol. The minimum Gasteiger partial charge on any atom is -0.311 e. The number of nitrogens with zero attached hydrogens (tertiary/aromatic N) is 1. The summed E-state index contributed by atoms with van der Waals surface area (Å²) >= 11 is 0. The van der Waals surface area contributed by atoms with Crippen molar-refractivity contribution >= 4 is 12.1 Å². The van der Waals surface area contributed by atoms with Crippen molar-refractivity contribution in [2.75, 3.05) is 0 Å². The maximum atomic E-state index is 11.6. The SMILES string of the molecule is C=C(C)/C=N\C(=C/C)NC(=O)C(C)(C)C.[HH]. The van der Waals surface area contributed by atoms with Crippen LogP contribution in [-0.2, 0) is 4.79 Å². The number of nitrogens with one attached hydrogen (secondary N) is 1. The van der Waals surface area contributed by atoms with Gasteiger partial charge >= 0.3 is 0 Å². The average molecular weight is 210 g/mol. The van der Waals surface area contributed by atoms with Crippen molar-refractivity contribution in [2.45, 2.75) is 34.6 Å². The molecule has 0 spiro atoms.